The van der Waals surface area contributed by atoms with Crippen molar-refractivity contribution in [2.24, 2.45) is 0 Å². The van der Waals surface area contributed by atoms with Gasteiger partial charge in [0, 0.05) is 54.6 Å². The van der Waals surface area contributed by atoms with Crippen molar-refractivity contribution < 1.29 is 13.3 Å². The molecule has 12 rings (SSSR count). The maximum atomic E-state index is 6.91. The van der Waals surface area contributed by atoms with E-state index in [4.69, 9.17) is 28.2 Å². The van der Waals surface area contributed by atoms with Crippen LogP contribution in [-0.4, -0.2) is 15.0 Å². The number of benzene rings is 8. The van der Waals surface area contributed by atoms with E-state index in [1.165, 1.54) is 0 Å². The first-order chi connectivity index (χ1) is 28.2. The summed E-state index contributed by atoms with van der Waals surface area (Å²) < 4.78 is 19.3. The molecule has 8 aromatic carbocycles. The van der Waals surface area contributed by atoms with Gasteiger partial charge < -0.3 is 13.3 Å². The fraction of sp³-hybridized carbons (Fsp3) is 0. The van der Waals surface area contributed by atoms with Crippen LogP contribution in [0.1, 0.15) is 0 Å². The minimum absolute atomic E-state index is 0.573. The quantitative estimate of drug-likeness (QED) is 0.175. The molecule has 4 aromatic heterocycles. The normalized spacial score (nSPS) is 11.9. The highest BCUT2D eigenvalue weighted by molar-refractivity contribution is 6.14. The Morgan fingerprint density at radius 1 is 0.263 bits per heavy atom. The molecule has 0 aliphatic carbocycles. The second kappa shape index (κ2) is 12.3. The van der Waals surface area contributed by atoms with Crippen LogP contribution in [0.25, 0.3) is 122 Å². The number of fused-ring (bicyclic) bond motifs is 9. The van der Waals surface area contributed by atoms with E-state index < -0.39 is 0 Å². The summed E-state index contributed by atoms with van der Waals surface area (Å²) in [6, 6.07) is 60.0. The number of aromatic nitrogens is 3. The van der Waals surface area contributed by atoms with Gasteiger partial charge in [0.15, 0.2) is 17.5 Å². The molecule has 0 bridgehead atoms. The number of para-hydroxylation sites is 2. The molecule has 4 heterocycles. The Labute approximate surface area is 325 Å². The summed E-state index contributed by atoms with van der Waals surface area (Å²) in [5, 5.41) is 6.34. The minimum Gasteiger partial charge on any atom is -0.456 e. The fourth-order valence-electron chi connectivity index (χ4n) is 8.14. The number of furan rings is 3. The predicted molar refractivity (Wildman–Crippen MR) is 229 cm³/mol. The van der Waals surface area contributed by atoms with Gasteiger partial charge in [0.25, 0.3) is 0 Å². The molecule has 0 aliphatic heterocycles. The Bertz CT molecular complexity index is 3470. The second-order valence-electron chi connectivity index (χ2n) is 14.4. The van der Waals surface area contributed by atoms with E-state index in [2.05, 4.69) is 78.9 Å². The molecule has 0 saturated carbocycles. The zero-order chi connectivity index (χ0) is 37.5. The summed E-state index contributed by atoms with van der Waals surface area (Å²) in [5.41, 5.74) is 11.9. The van der Waals surface area contributed by atoms with Crippen LogP contribution in [0.15, 0.2) is 189 Å². The first kappa shape index (κ1) is 31.5. The average molecular weight is 732 g/mol. The standard InChI is InChI=1S/C51H29N3O3/c1-3-11-30(12-4-1)49-52-50(31-13-5-2-6-14-31)54-51(53-49)34-19-22-38-42-28-35(32-20-23-45-40(25-32)36-15-7-9-17-43(36)55-45)27-39(48(42)57-47(38)29-34)33-21-24-46-41(26-33)37-16-8-10-18-44(37)56-46/h1-29H. The monoisotopic (exact) mass is 731 g/mol. The van der Waals surface area contributed by atoms with E-state index in [1.54, 1.807) is 0 Å². The van der Waals surface area contributed by atoms with E-state index >= 15 is 0 Å². The Morgan fingerprint density at radius 3 is 1.37 bits per heavy atom. The second-order valence-corrected chi connectivity index (χ2v) is 14.4. The Balaban J connectivity index is 1.08. The van der Waals surface area contributed by atoms with Crippen molar-refractivity contribution in [3.05, 3.63) is 176 Å². The van der Waals surface area contributed by atoms with Gasteiger partial charge in [-0.1, -0.05) is 115 Å². The lowest BCUT2D eigenvalue weighted by atomic mass is 9.94. The minimum atomic E-state index is 0.573. The summed E-state index contributed by atoms with van der Waals surface area (Å²) in [6.07, 6.45) is 0. The van der Waals surface area contributed by atoms with Crippen molar-refractivity contribution in [3.8, 4) is 56.4 Å². The van der Waals surface area contributed by atoms with Gasteiger partial charge in [0.1, 0.15) is 33.5 Å². The third-order valence-corrected chi connectivity index (χ3v) is 10.9. The highest BCUT2D eigenvalue weighted by Gasteiger charge is 2.20. The van der Waals surface area contributed by atoms with Gasteiger partial charge in [0.2, 0.25) is 0 Å². The Morgan fingerprint density at radius 2 is 0.737 bits per heavy atom. The van der Waals surface area contributed by atoms with E-state index in [9.17, 15) is 0 Å². The van der Waals surface area contributed by atoms with E-state index in [-0.39, 0.29) is 0 Å². The van der Waals surface area contributed by atoms with Gasteiger partial charge in [-0.05, 0) is 77.4 Å². The maximum absolute atomic E-state index is 6.91. The van der Waals surface area contributed by atoms with E-state index in [0.717, 1.165) is 105 Å². The van der Waals surface area contributed by atoms with Crippen molar-refractivity contribution in [1.29, 1.82) is 0 Å². The number of hydrogen-bond donors (Lipinski definition) is 0. The summed E-state index contributed by atoms with van der Waals surface area (Å²) in [7, 11) is 0. The third kappa shape index (κ3) is 5.15. The summed E-state index contributed by atoms with van der Waals surface area (Å²) >= 11 is 0. The average Bonchev–Trinajstić information content (AvgIpc) is 3.97. The molecule has 266 valence electrons. The van der Waals surface area contributed by atoms with Gasteiger partial charge in [-0.25, -0.2) is 15.0 Å². The lowest BCUT2D eigenvalue weighted by molar-refractivity contribution is 0.668. The molecule has 0 atom stereocenters. The van der Waals surface area contributed by atoms with Crippen LogP contribution < -0.4 is 0 Å². The zero-order valence-corrected chi connectivity index (χ0v) is 30.3. The summed E-state index contributed by atoms with van der Waals surface area (Å²) in [4.78, 5) is 14.9. The van der Waals surface area contributed by atoms with E-state index in [0.29, 0.717) is 17.5 Å². The van der Waals surface area contributed by atoms with Gasteiger partial charge in [-0.2, -0.15) is 0 Å². The molecule has 0 radical (unpaired) electrons. The maximum Gasteiger partial charge on any atom is 0.164 e. The van der Waals surface area contributed by atoms with Crippen LogP contribution in [0, 0.1) is 0 Å². The molecule has 0 unspecified atom stereocenters. The van der Waals surface area contributed by atoms with Crippen LogP contribution in [0.4, 0.5) is 0 Å². The first-order valence-corrected chi connectivity index (χ1v) is 18.9. The highest BCUT2D eigenvalue weighted by Crippen LogP contribution is 2.43. The molecule has 12 aromatic rings. The van der Waals surface area contributed by atoms with Crippen molar-refractivity contribution >= 4 is 65.8 Å². The van der Waals surface area contributed by atoms with Crippen LogP contribution in [0.2, 0.25) is 0 Å². The molecule has 57 heavy (non-hydrogen) atoms. The molecule has 0 amide bonds. The molecule has 0 spiro atoms. The van der Waals surface area contributed by atoms with Crippen molar-refractivity contribution in [2.45, 2.75) is 0 Å². The summed E-state index contributed by atoms with van der Waals surface area (Å²) in [5.74, 6) is 1.80. The Hall–Kier alpha value is -7.83. The SMILES string of the molecule is c1ccc(-c2nc(-c3ccccc3)nc(-c3ccc4c(c3)oc3c(-c5ccc6oc7ccccc7c6c5)cc(-c5ccc6oc7ccccc7c6c5)cc34)n2)cc1. The van der Waals surface area contributed by atoms with Gasteiger partial charge >= 0.3 is 0 Å². The number of hydrogen-bond acceptors (Lipinski definition) is 6. The van der Waals surface area contributed by atoms with Gasteiger partial charge in [-0.3, -0.25) is 0 Å². The van der Waals surface area contributed by atoms with Crippen LogP contribution in [0.5, 0.6) is 0 Å². The molecular formula is C51H29N3O3. The van der Waals surface area contributed by atoms with Crippen LogP contribution in [0.3, 0.4) is 0 Å². The molecule has 0 saturated heterocycles. The highest BCUT2D eigenvalue weighted by atomic mass is 16.3. The van der Waals surface area contributed by atoms with Gasteiger partial charge in [0.05, 0.1) is 0 Å². The molecule has 0 aliphatic rings. The molecule has 0 fully saturated rings. The van der Waals surface area contributed by atoms with Crippen LogP contribution >= 0.6 is 0 Å². The van der Waals surface area contributed by atoms with Crippen molar-refractivity contribution in [2.75, 3.05) is 0 Å². The molecule has 0 N–H and O–H groups in total. The van der Waals surface area contributed by atoms with Crippen molar-refractivity contribution in [1.82, 2.24) is 15.0 Å². The number of rotatable bonds is 5. The zero-order valence-electron chi connectivity index (χ0n) is 30.3. The Kier molecular flexibility index (Phi) is 6.83. The topological polar surface area (TPSA) is 78.1 Å². The van der Waals surface area contributed by atoms with Crippen molar-refractivity contribution in [3.63, 3.8) is 0 Å². The lowest BCUT2D eigenvalue weighted by Crippen LogP contribution is -2.00. The van der Waals surface area contributed by atoms with Crippen LogP contribution in [-0.2, 0) is 0 Å². The lowest BCUT2D eigenvalue weighted by Gasteiger charge is -2.09. The largest absolute Gasteiger partial charge is 0.456 e. The number of nitrogens with zero attached hydrogens (tertiary/aromatic N) is 3. The first-order valence-electron chi connectivity index (χ1n) is 18.9. The smallest absolute Gasteiger partial charge is 0.164 e. The fourth-order valence-corrected chi connectivity index (χ4v) is 8.14. The molecule has 6 heteroatoms. The third-order valence-electron chi connectivity index (χ3n) is 10.9. The molecule has 6 nitrogen and oxygen atoms in total. The summed E-state index contributed by atoms with van der Waals surface area (Å²) in [6.45, 7) is 0. The van der Waals surface area contributed by atoms with E-state index in [1.807, 2.05) is 97.1 Å². The predicted octanol–water partition coefficient (Wildman–Crippen LogP) is 13.9. The van der Waals surface area contributed by atoms with Gasteiger partial charge in [-0.15, -0.1) is 0 Å². The molecular weight excluding hydrogens is 703 g/mol.